The van der Waals surface area contributed by atoms with Crippen molar-refractivity contribution in [2.45, 2.75) is 19.4 Å². The summed E-state index contributed by atoms with van der Waals surface area (Å²) in [6.07, 6.45) is 0. The molecule has 0 spiro atoms. The number of nitrogen functional groups attached to an aromatic ring is 1. The number of hydrogen-bond donors (Lipinski definition) is 1. The number of likely N-dealkylation sites (N-methyl/N-ethyl adjacent to an activating group) is 1. The molecular formula is C12H19ClN2O. The monoisotopic (exact) mass is 242 g/mol. The first-order chi connectivity index (χ1) is 7.33. The molecule has 0 amide bonds. The first-order valence-electron chi connectivity index (χ1n) is 5.18. The minimum Gasteiger partial charge on any atom is -0.490 e. The first kappa shape index (κ1) is 13.1. The predicted octanol–water partition coefficient (Wildman–Crippen LogP) is 2.64. The minimum absolute atomic E-state index is 0.0356. The zero-order valence-corrected chi connectivity index (χ0v) is 11.0. The lowest BCUT2D eigenvalue weighted by Gasteiger charge is -2.32. The molecule has 2 N–H and O–H groups in total. The molecule has 0 aromatic heterocycles. The first-order valence-corrected chi connectivity index (χ1v) is 5.56. The van der Waals surface area contributed by atoms with Crippen LogP contribution in [0.25, 0.3) is 0 Å². The normalized spacial score (nSPS) is 11.9. The molecule has 0 bridgehead atoms. The molecule has 16 heavy (non-hydrogen) atoms. The third kappa shape index (κ3) is 3.29. The van der Waals surface area contributed by atoms with Gasteiger partial charge < -0.3 is 15.4 Å². The molecule has 0 aliphatic carbocycles. The highest BCUT2D eigenvalue weighted by Gasteiger charge is 2.21. The van der Waals surface area contributed by atoms with Gasteiger partial charge in [0, 0.05) is 10.6 Å². The lowest BCUT2D eigenvalue weighted by Crippen LogP contribution is -2.43. The van der Waals surface area contributed by atoms with E-state index in [-0.39, 0.29) is 5.54 Å². The molecule has 1 rings (SSSR count). The largest absolute Gasteiger partial charge is 0.490 e. The fourth-order valence-electron chi connectivity index (χ4n) is 1.03. The molecule has 3 nitrogen and oxygen atoms in total. The van der Waals surface area contributed by atoms with E-state index in [4.69, 9.17) is 22.1 Å². The van der Waals surface area contributed by atoms with Gasteiger partial charge in [0.25, 0.3) is 0 Å². The van der Waals surface area contributed by atoms with Crippen molar-refractivity contribution in [3.8, 4) is 5.75 Å². The van der Waals surface area contributed by atoms with Crippen LogP contribution in [0.2, 0.25) is 5.02 Å². The van der Waals surface area contributed by atoms with Crippen LogP contribution in [0, 0.1) is 0 Å². The number of nitrogens with two attached hydrogens (primary N) is 1. The molecule has 0 aliphatic heterocycles. The quantitative estimate of drug-likeness (QED) is 0.825. The molecule has 0 unspecified atom stereocenters. The number of benzene rings is 1. The van der Waals surface area contributed by atoms with Crippen molar-refractivity contribution < 1.29 is 4.74 Å². The molecule has 4 heteroatoms. The summed E-state index contributed by atoms with van der Waals surface area (Å²) in [5, 5.41) is 0.622. The van der Waals surface area contributed by atoms with E-state index in [1.807, 2.05) is 14.1 Å². The molecule has 0 aliphatic rings. The van der Waals surface area contributed by atoms with Gasteiger partial charge in [-0.1, -0.05) is 11.6 Å². The minimum atomic E-state index is -0.0356. The molecule has 0 heterocycles. The van der Waals surface area contributed by atoms with Crippen molar-refractivity contribution in [2.24, 2.45) is 0 Å². The van der Waals surface area contributed by atoms with Gasteiger partial charge in [0.15, 0.2) is 0 Å². The Kier molecular flexibility index (Phi) is 4.05. The maximum Gasteiger partial charge on any atom is 0.142 e. The molecule has 0 atom stereocenters. The van der Waals surface area contributed by atoms with Crippen LogP contribution in [-0.4, -0.2) is 31.1 Å². The Labute approximate surface area is 102 Å². The van der Waals surface area contributed by atoms with Crippen molar-refractivity contribution in [3.63, 3.8) is 0 Å². The summed E-state index contributed by atoms with van der Waals surface area (Å²) in [6, 6.07) is 5.26. The fourth-order valence-corrected chi connectivity index (χ4v) is 1.21. The predicted molar refractivity (Wildman–Crippen MR) is 69.1 cm³/mol. The van der Waals surface area contributed by atoms with E-state index >= 15 is 0 Å². The van der Waals surface area contributed by atoms with Crippen LogP contribution < -0.4 is 10.5 Å². The molecule has 90 valence electrons. The van der Waals surface area contributed by atoms with E-state index in [9.17, 15) is 0 Å². The van der Waals surface area contributed by atoms with Gasteiger partial charge in [-0.15, -0.1) is 0 Å². The van der Waals surface area contributed by atoms with E-state index in [1.165, 1.54) is 0 Å². The summed E-state index contributed by atoms with van der Waals surface area (Å²) in [7, 11) is 4.04. The van der Waals surface area contributed by atoms with Gasteiger partial charge in [0.2, 0.25) is 0 Å². The Balaban J connectivity index is 2.68. The van der Waals surface area contributed by atoms with Crippen molar-refractivity contribution >= 4 is 17.3 Å². The Hall–Kier alpha value is -0.930. The number of nitrogens with zero attached hydrogens (tertiary/aromatic N) is 1. The van der Waals surface area contributed by atoms with Crippen molar-refractivity contribution in [1.29, 1.82) is 0 Å². The van der Waals surface area contributed by atoms with E-state index in [1.54, 1.807) is 18.2 Å². The average molecular weight is 243 g/mol. The van der Waals surface area contributed by atoms with Gasteiger partial charge in [-0.05, 0) is 46.1 Å². The lowest BCUT2D eigenvalue weighted by molar-refractivity contribution is 0.114. The second kappa shape index (κ2) is 4.93. The average Bonchev–Trinajstić information content (AvgIpc) is 2.16. The summed E-state index contributed by atoms with van der Waals surface area (Å²) in [5.74, 6) is 0.680. The second-order valence-electron chi connectivity index (χ2n) is 4.68. The zero-order chi connectivity index (χ0) is 12.3. The number of ether oxygens (including phenoxy) is 1. The number of halogens is 1. The highest BCUT2D eigenvalue weighted by Crippen LogP contribution is 2.26. The fraction of sp³-hybridized carbons (Fsp3) is 0.500. The van der Waals surface area contributed by atoms with Crippen LogP contribution >= 0.6 is 11.6 Å². The van der Waals surface area contributed by atoms with E-state index in [0.717, 1.165) is 0 Å². The Morgan fingerprint density at radius 3 is 2.50 bits per heavy atom. The lowest BCUT2D eigenvalue weighted by atomic mass is 10.1. The summed E-state index contributed by atoms with van der Waals surface area (Å²) >= 11 is 5.81. The van der Waals surface area contributed by atoms with Gasteiger partial charge in [-0.25, -0.2) is 0 Å². The van der Waals surface area contributed by atoms with Gasteiger partial charge in [0.1, 0.15) is 12.4 Å². The molecule has 0 saturated heterocycles. The highest BCUT2D eigenvalue weighted by molar-refractivity contribution is 6.30. The maximum atomic E-state index is 5.81. The van der Waals surface area contributed by atoms with E-state index < -0.39 is 0 Å². The SMILES string of the molecule is CN(C)C(C)(C)COc1ccc(Cl)cc1N. The summed E-state index contributed by atoms with van der Waals surface area (Å²) in [5.41, 5.74) is 6.34. The van der Waals surface area contributed by atoms with Crippen molar-refractivity contribution in [3.05, 3.63) is 23.2 Å². The van der Waals surface area contributed by atoms with Gasteiger partial charge in [-0.3, -0.25) is 0 Å². The number of rotatable bonds is 4. The van der Waals surface area contributed by atoms with Crippen LogP contribution in [0.15, 0.2) is 18.2 Å². The topological polar surface area (TPSA) is 38.5 Å². The third-order valence-electron chi connectivity index (χ3n) is 2.76. The molecule has 1 aromatic rings. The smallest absolute Gasteiger partial charge is 0.142 e. The van der Waals surface area contributed by atoms with Crippen LogP contribution in [0.3, 0.4) is 0 Å². The van der Waals surface area contributed by atoms with Crippen LogP contribution in [-0.2, 0) is 0 Å². The Morgan fingerprint density at radius 2 is 2.00 bits per heavy atom. The molecule has 0 fully saturated rings. The summed E-state index contributed by atoms with van der Waals surface area (Å²) in [4.78, 5) is 2.11. The Morgan fingerprint density at radius 1 is 1.38 bits per heavy atom. The molecular weight excluding hydrogens is 224 g/mol. The molecule has 0 saturated carbocycles. The summed E-state index contributed by atoms with van der Waals surface area (Å²) < 4.78 is 5.69. The maximum absolute atomic E-state index is 5.81. The van der Waals surface area contributed by atoms with E-state index in [2.05, 4.69) is 18.7 Å². The van der Waals surface area contributed by atoms with Crippen LogP contribution in [0.4, 0.5) is 5.69 Å². The third-order valence-corrected chi connectivity index (χ3v) is 3.00. The number of hydrogen-bond acceptors (Lipinski definition) is 3. The van der Waals surface area contributed by atoms with Crippen molar-refractivity contribution in [1.82, 2.24) is 4.90 Å². The number of anilines is 1. The second-order valence-corrected chi connectivity index (χ2v) is 5.11. The van der Waals surface area contributed by atoms with Crippen LogP contribution in [0.1, 0.15) is 13.8 Å². The van der Waals surface area contributed by atoms with Gasteiger partial charge in [-0.2, -0.15) is 0 Å². The van der Waals surface area contributed by atoms with E-state index in [0.29, 0.717) is 23.1 Å². The highest BCUT2D eigenvalue weighted by atomic mass is 35.5. The summed E-state index contributed by atoms with van der Waals surface area (Å²) in [6.45, 7) is 4.80. The standard InChI is InChI=1S/C12H19ClN2O/c1-12(2,15(3)4)8-16-11-6-5-9(13)7-10(11)14/h5-7H,8,14H2,1-4H3. The van der Waals surface area contributed by atoms with Gasteiger partial charge >= 0.3 is 0 Å². The van der Waals surface area contributed by atoms with Crippen LogP contribution in [0.5, 0.6) is 5.75 Å². The van der Waals surface area contributed by atoms with Gasteiger partial charge in [0.05, 0.1) is 5.69 Å². The zero-order valence-electron chi connectivity index (χ0n) is 10.2. The molecule has 1 aromatic carbocycles. The van der Waals surface area contributed by atoms with Crippen molar-refractivity contribution in [2.75, 3.05) is 26.4 Å². The molecule has 0 radical (unpaired) electrons. The Bertz CT molecular complexity index is 364.